The number of carbonyl (C=O) groups excluding carboxylic acids is 2. The second kappa shape index (κ2) is 8.35. The van der Waals surface area contributed by atoms with Crippen LogP contribution in [0.1, 0.15) is 13.3 Å². The van der Waals surface area contributed by atoms with E-state index < -0.39 is 12.1 Å². The van der Waals surface area contributed by atoms with Crippen molar-refractivity contribution in [3.63, 3.8) is 0 Å². The van der Waals surface area contributed by atoms with Gasteiger partial charge in [0.2, 0.25) is 5.91 Å². The predicted octanol–water partition coefficient (Wildman–Crippen LogP) is 3.54. The number of thioether (sulfide) groups is 1. The number of primary amides is 1. The quantitative estimate of drug-likeness (QED) is 0.582. The molecular formula is C20H24N4O2S. The van der Waals surface area contributed by atoms with Gasteiger partial charge in [-0.25, -0.2) is 4.79 Å². The fraction of sp³-hybridized carbons (Fsp3) is 0.300. The van der Waals surface area contributed by atoms with Crippen LogP contribution < -0.4 is 16.4 Å². The highest BCUT2D eigenvalue weighted by molar-refractivity contribution is 7.98. The third-order valence-corrected chi connectivity index (χ3v) is 5.24. The molecule has 142 valence electrons. The van der Waals surface area contributed by atoms with Crippen molar-refractivity contribution < 1.29 is 9.59 Å². The number of nitrogens with two attached hydrogens (primary N) is 1. The second-order valence-electron chi connectivity index (χ2n) is 6.33. The van der Waals surface area contributed by atoms with Crippen molar-refractivity contribution in [3.05, 3.63) is 42.5 Å². The zero-order valence-electron chi connectivity index (χ0n) is 15.5. The molecule has 0 bridgehead atoms. The number of benzene rings is 2. The predicted molar refractivity (Wildman–Crippen MR) is 113 cm³/mol. The number of para-hydroxylation sites is 1. The average molecular weight is 385 g/mol. The van der Waals surface area contributed by atoms with Gasteiger partial charge in [0.25, 0.3) is 0 Å². The summed E-state index contributed by atoms with van der Waals surface area (Å²) in [6, 6.07) is 12.8. The van der Waals surface area contributed by atoms with Gasteiger partial charge in [0.1, 0.15) is 6.04 Å². The fourth-order valence-corrected chi connectivity index (χ4v) is 3.85. The summed E-state index contributed by atoms with van der Waals surface area (Å²) in [7, 11) is 0. The Morgan fingerprint density at radius 2 is 1.89 bits per heavy atom. The smallest absolute Gasteiger partial charge is 0.312 e. The zero-order chi connectivity index (χ0) is 19.4. The van der Waals surface area contributed by atoms with Crippen LogP contribution in [0.4, 0.5) is 10.5 Å². The number of aryl methyl sites for hydroxylation is 1. The van der Waals surface area contributed by atoms with Gasteiger partial charge in [-0.2, -0.15) is 11.8 Å². The molecule has 0 spiro atoms. The van der Waals surface area contributed by atoms with Crippen molar-refractivity contribution in [1.82, 2.24) is 9.88 Å². The van der Waals surface area contributed by atoms with Crippen molar-refractivity contribution in [2.75, 3.05) is 17.3 Å². The second-order valence-corrected chi connectivity index (χ2v) is 7.31. The first kappa shape index (κ1) is 19.1. The van der Waals surface area contributed by atoms with E-state index in [4.69, 9.17) is 5.73 Å². The summed E-state index contributed by atoms with van der Waals surface area (Å²) in [5.74, 6) is 0.489. The third-order valence-electron chi connectivity index (χ3n) is 4.60. The van der Waals surface area contributed by atoms with E-state index in [2.05, 4.69) is 34.3 Å². The van der Waals surface area contributed by atoms with Crippen molar-refractivity contribution >= 4 is 51.2 Å². The Bertz CT molecular complexity index is 983. The van der Waals surface area contributed by atoms with E-state index in [-0.39, 0.29) is 5.91 Å². The molecule has 7 heteroatoms. The summed E-state index contributed by atoms with van der Waals surface area (Å²) in [5, 5.41) is 7.68. The van der Waals surface area contributed by atoms with Crippen LogP contribution in [0.2, 0.25) is 0 Å². The lowest BCUT2D eigenvalue weighted by Crippen LogP contribution is -2.46. The van der Waals surface area contributed by atoms with Gasteiger partial charge in [-0.3, -0.25) is 4.79 Å². The number of aromatic nitrogens is 1. The Kier molecular flexibility index (Phi) is 5.91. The number of nitrogens with zero attached hydrogens (tertiary/aromatic N) is 1. The Morgan fingerprint density at radius 3 is 2.59 bits per heavy atom. The molecule has 3 amide bonds. The van der Waals surface area contributed by atoms with Gasteiger partial charge in [-0.05, 0) is 49.6 Å². The van der Waals surface area contributed by atoms with Gasteiger partial charge >= 0.3 is 6.03 Å². The molecule has 0 saturated carbocycles. The summed E-state index contributed by atoms with van der Waals surface area (Å²) in [6.45, 7) is 2.99. The van der Waals surface area contributed by atoms with Gasteiger partial charge < -0.3 is 20.9 Å². The molecule has 1 unspecified atom stereocenters. The van der Waals surface area contributed by atoms with E-state index in [9.17, 15) is 9.59 Å². The van der Waals surface area contributed by atoms with Crippen molar-refractivity contribution in [1.29, 1.82) is 0 Å². The Morgan fingerprint density at radius 1 is 1.15 bits per heavy atom. The van der Waals surface area contributed by atoms with Crippen LogP contribution in [-0.4, -0.2) is 34.6 Å². The lowest BCUT2D eigenvalue weighted by atomic mass is 10.1. The van der Waals surface area contributed by atoms with Crippen LogP contribution in [0.15, 0.2) is 42.5 Å². The van der Waals surface area contributed by atoms with E-state index in [0.29, 0.717) is 12.1 Å². The first-order chi connectivity index (χ1) is 13.0. The topological polar surface area (TPSA) is 89.2 Å². The SMILES string of the molecule is CCn1c2ccccc2c2cc(NC(=O)C(CCSC)NC(N)=O)ccc21. The number of hydrogen-bond acceptors (Lipinski definition) is 3. The Labute approximate surface area is 162 Å². The highest BCUT2D eigenvalue weighted by Crippen LogP contribution is 2.31. The number of hydrogen-bond donors (Lipinski definition) is 3. The number of urea groups is 1. The van der Waals surface area contributed by atoms with E-state index in [1.165, 1.54) is 5.52 Å². The maximum Gasteiger partial charge on any atom is 0.312 e. The molecule has 3 aromatic rings. The molecule has 0 fully saturated rings. The van der Waals surface area contributed by atoms with E-state index in [1.807, 2.05) is 36.6 Å². The molecule has 3 rings (SSSR count). The maximum atomic E-state index is 12.6. The minimum Gasteiger partial charge on any atom is -0.352 e. The van der Waals surface area contributed by atoms with Crippen LogP contribution >= 0.6 is 11.8 Å². The maximum absolute atomic E-state index is 12.6. The molecule has 0 saturated heterocycles. The normalized spacial score (nSPS) is 12.2. The zero-order valence-corrected chi connectivity index (χ0v) is 16.3. The molecule has 0 aliphatic carbocycles. The fourth-order valence-electron chi connectivity index (χ4n) is 3.38. The van der Waals surface area contributed by atoms with Crippen LogP contribution in [0.5, 0.6) is 0 Å². The Hall–Kier alpha value is -2.67. The van der Waals surface area contributed by atoms with Gasteiger partial charge in [0.15, 0.2) is 0 Å². The van der Waals surface area contributed by atoms with Crippen molar-refractivity contribution in [2.45, 2.75) is 25.9 Å². The van der Waals surface area contributed by atoms with Crippen LogP contribution in [0, 0.1) is 0 Å². The Balaban J connectivity index is 1.91. The van der Waals surface area contributed by atoms with E-state index >= 15 is 0 Å². The van der Waals surface area contributed by atoms with E-state index in [1.54, 1.807) is 11.8 Å². The molecule has 0 radical (unpaired) electrons. The number of anilines is 1. The lowest BCUT2D eigenvalue weighted by molar-refractivity contribution is -0.117. The molecule has 4 N–H and O–H groups in total. The number of rotatable bonds is 7. The summed E-state index contributed by atoms with van der Waals surface area (Å²) < 4.78 is 2.26. The molecule has 1 atom stereocenters. The highest BCUT2D eigenvalue weighted by atomic mass is 32.2. The lowest BCUT2D eigenvalue weighted by Gasteiger charge is -2.17. The number of amides is 3. The van der Waals surface area contributed by atoms with Gasteiger partial charge in [-0.15, -0.1) is 0 Å². The van der Waals surface area contributed by atoms with Crippen LogP contribution in [0.3, 0.4) is 0 Å². The monoisotopic (exact) mass is 384 g/mol. The molecule has 1 aromatic heterocycles. The van der Waals surface area contributed by atoms with Gasteiger partial charge in [0, 0.05) is 34.0 Å². The molecule has 0 aliphatic heterocycles. The molecule has 2 aromatic carbocycles. The summed E-state index contributed by atoms with van der Waals surface area (Å²) in [4.78, 5) is 23.8. The average Bonchev–Trinajstić information content (AvgIpc) is 2.98. The van der Waals surface area contributed by atoms with Gasteiger partial charge in [-0.1, -0.05) is 18.2 Å². The first-order valence-corrected chi connectivity index (χ1v) is 10.3. The highest BCUT2D eigenvalue weighted by Gasteiger charge is 2.20. The number of fused-ring (bicyclic) bond motifs is 3. The standard InChI is InChI=1S/C20H24N4O2S/c1-3-24-17-7-5-4-6-14(17)15-12-13(8-9-18(15)24)22-19(25)16(10-11-27-2)23-20(21)26/h4-9,12,16H,3,10-11H2,1-2H3,(H,22,25)(H3,21,23,26). The van der Waals surface area contributed by atoms with Crippen LogP contribution in [-0.2, 0) is 11.3 Å². The summed E-state index contributed by atoms with van der Waals surface area (Å²) in [5.41, 5.74) is 8.22. The van der Waals surface area contributed by atoms with Crippen molar-refractivity contribution in [3.8, 4) is 0 Å². The molecule has 27 heavy (non-hydrogen) atoms. The first-order valence-electron chi connectivity index (χ1n) is 8.92. The number of carbonyl (C=O) groups is 2. The molecule has 6 nitrogen and oxygen atoms in total. The molecular weight excluding hydrogens is 360 g/mol. The van der Waals surface area contributed by atoms with E-state index in [0.717, 1.165) is 28.6 Å². The minimum atomic E-state index is -0.697. The summed E-state index contributed by atoms with van der Waals surface area (Å²) >= 11 is 1.61. The minimum absolute atomic E-state index is 0.263. The molecule has 0 aliphatic rings. The van der Waals surface area contributed by atoms with Crippen molar-refractivity contribution in [2.24, 2.45) is 5.73 Å². The molecule has 1 heterocycles. The third kappa shape index (κ3) is 4.03. The number of nitrogens with one attached hydrogen (secondary N) is 2. The summed E-state index contributed by atoms with van der Waals surface area (Å²) in [6.07, 6.45) is 2.48. The largest absolute Gasteiger partial charge is 0.352 e. The van der Waals surface area contributed by atoms with Crippen LogP contribution in [0.25, 0.3) is 21.8 Å². The van der Waals surface area contributed by atoms with Gasteiger partial charge in [0.05, 0.1) is 0 Å².